The minimum atomic E-state index is -4.60. The number of methoxy groups -OCH3 is 2. The minimum absolute atomic E-state index is 0.0110. The molecule has 0 saturated carbocycles. The molecule has 4 rings (SSSR count). The maximum atomic E-state index is 14.8. The van der Waals surface area contributed by atoms with Gasteiger partial charge < -0.3 is 67.5 Å². The van der Waals surface area contributed by atoms with Crippen molar-refractivity contribution >= 4 is 64.9 Å². The second-order valence-electron chi connectivity index (χ2n) is 31.2. The Morgan fingerprint density at radius 3 is 1.91 bits per heavy atom. The highest BCUT2D eigenvalue weighted by molar-refractivity contribution is 5.98. The van der Waals surface area contributed by atoms with Gasteiger partial charge in [0.25, 0.3) is 0 Å². The SMILES string of the molecule is CCCCCC(C)(C)[C@@H](C(=O)N[C@H](C(=O)N(C)[C@@H]([C@@H](C)CC)[C@@H](CC(=O)N1CCC[C@H]1[C@H](OC)[C@@H](C)C(=O)N[C@@H](Cc1ccccc1)C(=O)NCc1ccc(NC(=O)[C@H](CCCNC(N)=O)NC(=O)[C@@H](NC(=O)CCCN2CC[C@H](C(=O)NC(C)CCC)C[C@@H]2C(F)(F)F)C(C)C)cc1)OC)C(C)C)N(C)C. The lowest BCUT2D eigenvalue weighted by molar-refractivity contribution is -0.196. The zero-order chi connectivity index (χ0) is 80.0. The lowest BCUT2D eigenvalue weighted by atomic mass is 9.78. The van der Waals surface area contributed by atoms with Crippen LogP contribution < -0.4 is 48.3 Å². The average molecular weight is 1510 g/mol. The number of amides is 11. The van der Waals surface area contributed by atoms with Gasteiger partial charge in [0.1, 0.15) is 30.2 Å². The van der Waals surface area contributed by atoms with Crippen molar-refractivity contribution in [3.8, 4) is 0 Å². The van der Waals surface area contributed by atoms with Crippen molar-refractivity contribution in [1.29, 1.82) is 0 Å². The molecule has 1 unspecified atom stereocenters. The van der Waals surface area contributed by atoms with Gasteiger partial charge in [-0.2, -0.15) is 13.2 Å². The molecule has 604 valence electrons. The molecule has 0 aliphatic carbocycles. The lowest BCUT2D eigenvalue weighted by Gasteiger charge is -2.42. The van der Waals surface area contributed by atoms with Gasteiger partial charge in [-0.25, -0.2) is 4.79 Å². The number of carbonyl (C=O) groups is 10. The Bertz CT molecular complexity index is 3150. The number of rotatable bonds is 45. The zero-order valence-corrected chi connectivity index (χ0v) is 66.9. The molecule has 0 spiro atoms. The summed E-state index contributed by atoms with van der Waals surface area (Å²) >= 11 is 0. The Balaban J connectivity index is 1.43. The molecule has 2 aliphatic heterocycles. The van der Waals surface area contributed by atoms with Crippen LogP contribution in [0.15, 0.2) is 54.6 Å². The van der Waals surface area contributed by atoms with Crippen molar-refractivity contribution < 1.29 is 70.6 Å². The highest BCUT2D eigenvalue weighted by Crippen LogP contribution is 2.36. The summed E-state index contributed by atoms with van der Waals surface area (Å²) in [6.07, 6.45) is 1.12. The number of hydrogen-bond donors (Lipinski definition) is 9. The molecule has 10 N–H and O–H groups in total. The molecule has 107 heavy (non-hydrogen) atoms. The van der Waals surface area contributed by atoms with E-state index in [9.17, 15) is 61.1 Å². The van der Waals surface area contributed by atoms with Crippen LogP contribution in [0.5, 0.6) is 0 Å². The van der Waals surface area contributed by atoms with E-state index in [2.05, 4.69) is 63.3 Å². The van der Waals surface area contributed by atoms with Crippen LogP contribution in [0.3, 0.4) is 0 Å². The fourth-order valence-electron chi connectivity index (χ4n) is 15.1. The quantitative estimate of drug-likeness (QED) is 0.0281. The summed E-state index contributed by atoms with van der Waals surface area (Å²) in [5, 5.41) is 22.6. The lowest BCUT2D eigenvalue weighted by Crippen LogP contribution is -2.60. The zero-order valence-electron chi connectivity index (χ0n) is 66.9. The highest BCUT2D eigenvalue weighted by Gasteiger charge is 2.49. The fraction of sp³-hybridized carbons (Fsp3) is 0.722. The number of ether oxygens (including phenoxy) is 2. The number of anilines is 1. The van der Waals surface area contributed by atoms with Crippen LogP contribution in [0, 0.1) is 35.0 Å². The fourth-order valence-corrected chi connectivity index (χ4v) is 15.1. The van der Waals surface area contributed by atoms with E-state index in [1.54, 1.807) is 61.9 Å². The van der Waals surface area contributed by atoms with Gasteiger partial charge >= 0.3 is 12.2 Å². The molecule has 0 bridgehead atoms. The Labute approximate surface area is 634 Å². The summed E-state index contributed by atoms with van der Waals surface area (Å²) in [6, 6.07) is 7.11. The Morgan fingerprint density at radius 2 is 1.33 bits per heavy atom. The van der Waals surface area contributed by atoms with E-state index >= 15 is 0 Å². The molecule has 14 atom stereocenters. The normalized spacial score (nSPS) is 18.8. The first-order valence-corrected chi connectivity index (χ1v) is 38.8. The number of likely N-dealkylation sites (N-methyl/N-ethyl adjacent to an activating group) is 2. The molecule has 11 amide bonds. The molecular weight excluding hydrogens is 1380 g/mol. The Morgan fingerprint density at radius 1 is 0.673 bits per heavy atom. The average Bonchev–Trinajstić information content (AvgIpc) is 1.73. The highest BCUT2D eigenvalue weighted by atomic mass is 19.4. The molecule has 2 aromatic rings. The number of hydrogen-bond acceptors (Lipinski definition) is 14. The van der Waals surface area contributed by atoms with Gasteiger partial charge in [-0.3, -0.25) is 53.0 Å². The van der Waals surface area contributed by atoms with E-state index in [1.165, 1.54) is 19.1 Å². The van der Waals surface area contributed by atoms with Crippen LogP contribution in [-0.2, 0) is 65.6 Å². The molecule has 28 heteroatoms. The molecule has 2 fully saturated rings. The number of nitrogens with zero attached hydrogens (tertiary/aromatic N) is 4. The molecule has 2 saturated heterocycles. The molecular formula is C79H130F3N13O12. The summed E-state index contributed by atoms with van der Waals surface area (Å²) in [5.41, 5.74) is 6.64. The largest absolute Gasteiger partial charge is 0.404 e. The van der Waals surface area contributed by atoms with Gasteiger partial charge in [0.05, 0.1) is 42.7 Å². The van der Waals surface area contributed by atoms with Crippen LogP contribution in [0.2, 0.25) is 0 Å². The van der Waals surface area contributed by atoms with Crippen LogP contribution in [0.4, 0.5) is 23.7 Å². The smallest absolute Gasteiger partial charge is 0.379 e. The van der Waals surface area contributed by atoms with Crippen molar-refractivity contribution in [2.45, 2.75) is 272 Å². The summed E-state index contributed by atoms with van der Waals surface area (Å²) in [4.78, 5) is 145. The maximum absolute atomic E-state index is 14.8. The van der Waals surface area contributed by atoms with Gasteiger partial charge in [0.2, 0.25) is 53.2 Å². The van der Waals surface area contributed by atoms with Crippen LogP contribution in [0.25, 0.3) is 0 Å². The first kappa shape index (κ1) is 92.0. The van der Waals surface area contributed by atoms with Crippen LogP contribution in [0.1, 0.15) is 197 Å². The number of piperidine rings is 1. The van der Waals surface area contributed by atoms with Gasteiger partial charge in [0, 0.05) is 71.4 Å². The number of carbonyl (C=O) groups excluding carboxylic acids is 10. The number of likely N-dealkylation sites (tertiary alicyclic amines) is 2. The number of nitrogens with one attached hydrogen (secondary N) is 8. The van der Waals surface area contributed by atoms with Gasteiger partial charge in [-0.05, 0) is 138 Å². The van der Waals surface area contributed by atoms with Crippen molar-refractivity contribution in [3.63, 3.8) is 0 Å². The van der Waals surface area contributed by atoms with Gasteiger partial charge in [0.15, 0.2) is 0 Å². The molecule has 2 aromatic carbocycles. The minimum Gasteiger partial charge on any atom is -0.379 e. The number of nitrogens with two attached hydrogens (primary N) is 1. The van der Waals surface area contributed by atoms with E-state index in [4.69, 9.17) is 15.2 Å². The summed E-state index contributed by atoms with van der Waals surface area (Å²) in [6.45, 7) is 23.5. The van der Waals surface area contributed by atoms with Crippen LogP contribution >= 0.6 is 0 Å². The van der Waals surface area contributed by atoms with E-state index < -0.39 is 132 Å². The number of unbranched alkanes of at least 4 members (excludes halogenated alkanes) is 2. The predicted octanol–water partition coefficient (Wildman–Crippen LogP) is 8.37. The van der Waals surface area contributed by atoms with Crippen molar-refractivity contribution in [2.75, 3.05) is 66.9 Å². The molecule has 0 aromatic heterocycles. The topological polar surface area (TPSA) is 324 Å². The number of alkyl halides is 3. The summed E-state index contributed by atoms with van der Waals surface area (Å²) < 4.78 is 55.4. The van der Waals surface area contributed by atoms with Crippen LogP contribution in [-0.4, -0.2) is 213 Å². The Hall–Kier alpha value is -7.43. The van der Waals surface area contributed by atoms with Crippen molar-refractivity contribution in [3.05, 3.63) is 65.7 Å². The molecule has 0 radical (unpaired) electrons. The summed E-state index contributed by atoms with van der Waals surface area (Å²) in [5.74, 6) is -6.54. The van der Waals surface area contributed by atoms with Crippen molar-refractivity contribution in [2.24, 2.45) is 40.7 Å². The second-order valence-corrected chi connectivity index (χ2v) is 31.2. The molecule has 25 nitrogen and oxygen atoms in total. The van der Waals surface area contributed by atoms with E-state index in [-0.39, 0.29) is 112 Å². The third-order valence-corrected chi connectivity index (χ3v) is 21.3. The number of halogens is 3. The number of benzene rings is 2. The predicted molar refractivity (Wildman–Crippen MR) is 409 cm³/mol. The van der Waals surface area contributed by atoms with Crippen molar-refractivity contribution in [1.82, 2.24) is 56.8 Å². The second kappa shape index (κ2) is 44.9. The number of primary amides is 1. The van der Waals surface area contributed by atoms with Gasteiger partial charge in [-0.1, -0.05) is 151 Å². The first-order valence-electron chi connectivity index (χ1n) is 38.8. The summed E-state index contributed by atoms with van der Waals surface area (Å²) in [7, 11) is 8.51. The first-order chi connectivity index (χ1) is 50.4. The van der Waals surface area contributed by atoms with E-state index in [1.807, 2.05) is 90.9 Å². The van der Waals surface area contributed by atoms with E-state index in [0.29, 0.717) is 43.5 Å². The third kappa shape index (κ3) is 28.8. The third-order valence-electron chi connectivity index (χ3n) is 21.3. The van der Waals surface area contributed by atoms with E-state index in [0.717, 1.165) is 37.7 Å². The standard InChI is InChI=1S/C79H130F3N13O12/c1-18-21-25-40-78(11,12)69(92(13)14)75(103)91-66(50(6)7)76(104)93(15)67(51(8)20-3)61(106-16)47-64(97)95-43-27-33-60(95)68(107-17)53(10)70(98)89-59(45-54-30-23-22-24-31-54)72(100)85-48-55-35-37-57(38-36-55)87-73(101)58(32-26-41-84-77(83)105)88-74(102)65(49(4)5)90-63(96)34-28-42-94-44-39-56(46-62(94)79(80,81)82)71(99)86-52(9)29-19-2/h22-24,30-31,35-38,49-53,56,58-62,65-69H,18-21,25-29,32-34,39-48H2,1-17H3,(H,85,100)(H,86,99)(H,87,101)(H,88,102)(H,89,98)(H,90,96)(H,91,103)(H3,83,84,105)/t51-,52?,53+,56-,58-,59-,60-,61+,62+,65-,66-,67-,68+,69+/m0/s1. The number of urea groups is 1. The monoisotopic (exact) mass is 1510 g/mol. The molecule has 2 aliphatic rings. The maximum Gasteiger partial charge on any atom is 0.404 e. The van der Waals surface area contributed by atoms with Gasteiger partial charge in [-0.15, -0.1) is 0 Å². The molecule has 2 heterocycles. The Kier molecular flexibility index (Phi) is 38.6.